The van der Waals surface area contributed by atoms with Gasteiger partial charge in [-0.15, -0.1) is 0 Å². The van der Waals surface area contributed by atoms with Crippen LogP contribution in [0.5, 0.6) is 0 Å². The number of fused-ring (bicyclic) bond motifs is 1. The van der Waals surface area contributed by atoms with E-state index < -0.39 is 0 Å². The van der Waals surface area contributed by atoms with Gasteiger partial charge in [0.05, 0.1) is 6.61 Å². The fourth-order valence-corrected chi connectivity index (χ4v) is 2.93. The van der Waals surface area contributed by atoms with Crippen molar-refractivity contribution in [3.63, 3.8) is 0 Å². The van der Waals surface area contributed by atoms with Gasteiger partial charge in [0.1, 0.15) is 0 Å². The van der Waals surface area contributed by atoms with E-state index in [1.165, 1.54) is 0 Å². The SMILES string of the molecule is O=C(CCN1C(=O)CCc2ccccc21)Nc1cccc(CO)c1. The molecule has 0 saturated carbocycles. The van der Waals surface area contributed by atoms with Crippen LogP contribution in [-0.2, 0) is 22.6 Å². The Kier molecular flexibility index (Phi) is 4.91. The van der Waals surface area contributed by atoms with Crippen molar-refractivity contribution in [2.24, 2.45) is 0 Å². The minimum absolute atomic E-state index is 0.0591. The van der Waals surface area contributed by atoms with Crippen molar-refractivity contribution in [2.45, 2.75) is 25.9 Å². The summed E-state index contributed by atoms with van der Waals surface area (Å²) in [5.74, 6) is -0.0928. The number of benzene rings is 2. The maximum atomic E-state index is 12.2. The number of hydrogen-bond acceptors (Lipinski definition) is 3. The van der Waals surface area contributed by atoms with Gasteiger partial charge in [-0.05, 0) is 35.7 Å². The van der Waals surface area contributed by atoms with Crippen LogP contribution in [0.15, 0.2) is 48.5 Å². The highest BCUT2D eigenvalue weighted by molar-refractivity contribution is 5.98. The molecule has 2 aromatic carbocycles. The van der Waals surface area contributed by atoms with Crippen LogP contribution in [-0.4, -0.2) is 23.5 Å². The van der Waals surface area contributed by atoms with E-state index in [9.17, 15) is 9.59 Å². The third-order valence-electron chi connectivity index (χ3n) is 4.15. The average molecular weight is 324 g/mol. The summed E-state index contributed by atoms with van der Waals surface area (Å²) < 4.78 is 0. The molecule has 2 amide bonds. The van der Waals surface area contributed by atoms with Crippen LogP contribution in [0.3, 0.4) is 0 Å². The van der Waals surface area contributed by atoms with Gasteiger partial charge in [0.25, 0.3) is 0 Å². The lowest BCUT2D eigenvalue weighted by Crippen LogP contribution is -2.37. The second kappa shape index (κ2) is 7.27. The van der Waals surface area contributed by atoms with E-state index in [-0.39, 0.29) is 24.8 Å². The van der Waals surface area contributed by atoms with E-state index >= 15 is 0 Å². The Hall–Kier alpha value is -2.66. The first-order chi connectivity index (χ1) is 11.7. The molecule has 0 spiro atoms. The Morgan fingerprint density at radius 1 is 1.12 bits per heavy atom. The number of rotatable bonds is 5. The van der Waals surface area contributed by atoms with E-state index in [1.807, 2.05) is 24.3 Å². The third-order valence-corrected chi connectivity index (χ3v) is 4.15. The van der Waals surface area contributed by atoms with Crippen LogP contribution >= 0.6 is 0 Å². The molecular weight excluding hydrogens is 304 g/mol. The molecule has 1 aliphatic heterocycles. The van der Waals surface area contributed by atoms with Crippen molar-refractivity contribution >= 4 is 23.2 Å². The Labute approximate surface area is 140 Å². The minimum atomic E-state index is -0.152. The molecule has 0 unspecified atom stereocenters. The summed E-state index contributed by atoms with van der Waals surface area (Å²) in [7, 11) is 0. The molecule has 24 heavy (non-hydrogen) atoms. The molecule has 0 atom stereocenters. The Morgan fingerprint density at radius 2 is 1.96 bits per heavy atom. The van der Waals surface area contributed by atoms with Crippen molar-refractivity contribution in [2.75, 3.05) is 16.8 Å². The molecule has 0 aromatic heterocycles. The number of nitrogens with one attached hydrogen (secondary N) is 1. The fourth-order valence-electron chi connectivity index (χ4n) is 2.93. The number of carbonyl (C=O) groups excluding carboxylic acids is 2. The zero-order chi connectivity index (χ0) is 16.9. The summed E-state index contributed by atoms with van der Waals surface area (Å²) in [6.45, 7) is 0.296. The van der Waals surface area contributed by atoms with E-state index in [1.54, 1.807) is 29.2 Å². The molecule has 0 fully saturated rings. The number of anilines is 2. The molecule has 1 heterocycles. The van der Waals surface area contributed by atoms with Crippen molar-refractivity contribution in [3.8, 4) is 0 Å². The topological polar surface area (TPSA) is 69.6 Å². The maximum absolute atomic E-state index is 12.2. The predicted octanol–water partition coefficient (Wildman–Crippen LogP) is 2.49. The van der Waals surface area contributed by atoms with Crippen LogP contribution in [0, 0.1) is 0 Å². The average Bonchev–Trinajstić information content (AvgIpc) is 2.61. The zero-order valence-electron chi connectivity index (χ0n) is 13.4. The highest BCUT2D eigenvalue weighted by atomic mass is 16.3. The highest BCUT2D eigenvalue weighted by Gasteiger charge is 2.23. The Morgan fingerprint density at radius 3 is 2.79 bits per heavy atom. The predicted molar refractivity (Wildman–Crippen MR) is 92.7 cm³/mol. The van der Waals surface area contributed by atoms with Gasteiger partial charge in [-0.25, -0.2) is 0 Å². The number of para-hydroxylation sites is 1. The first kappa shape index (κ1) is 16.2. The van der Waals surface area contributed by atoms with Crippen LogP contribution in [0.25, 0.3) is 0 Å². The van der Waals surface area contributed by atoms with Gasteiger partial charge in [-0.2, -0.15) is 0 Å². The summed E-state index contributed by atoms with van der Waals surface area (Å²) in [6.07, 6.45) is 1.46. The van der Waals surface area contributed by atoms with Gasteiger partial charge >= 0.3 is 0 Å². The number of amides is 2. The molecule has 0 saturated heterocycles. The molecule has 3 rings (SSSR count). The quantitative estimate of drug-likeness (QED) is 0.888. The second-order valence-electron chi connectivity index (χ2n) is 5.83. The van der Waals surface area contributed by atoms with E-state index in [0.29, 0.717) is 18.7 Å². The molecular formula is C19H20N2O3. The molecule has 0 bridgehead atoms. The largest absolute Gasteiger partial charge is 0.392 e. The minimum Gasteiger partial charge on any atom is -0.392 e. The van der Waals surface area contributed by atoms with Gasteiger partial charge in [0.2, 0.25) is 11.8 Å². The first-order valence-electron chi connectivity index (χ1n) is 8.05. The number of aliphatic hydroxyl groups is 1. The monoisotopic (exact) mass is 324 g/mol. The van der Waals surface area contributed by atoms with Crippen molar-refractivity contribution in [1.82, 2.24) is 0 Å². The van der Waals surface area contributed by atoms with E-state index in [4.69, 9.17) is 5.11 Å². The molecule has 2 N–H and O–H groups in total. The second-order valence-corrected chi connectivity index (χ2v) is 5.83. The molecule has 0 radical (unpaired) electrons. The van der Waals surface area contributed by atoms with Crippen LogP contribution in [0.2, 0.25) is 0 Å². The standard InChI is InChI=1S/C19H20N2O3/c22-13-14-4-3-6-16(12-14)20-18(23)10-11-21-17-7-2-1-5-15(17)8-9-19(21)24/h1-7,12,22H,8-11,13H2,(H,20,23). The number of hydrogen-bond donors (Lipinski definition) is 2. The van der Waals surface area contributed by atoms with Gasteiger partial charge in [-0.3, -0.25) is 9.59 Å². The first-order valence-corrected chi connectivity index (χ1v) is 8.05. The van der Waals surface area contributed by atoms with Gasteiger partial charge in [0.15, 0.2) is 0 Å². The molecule has 5 heteroatoms. The summed E-state index contributed by atoms with van der Waals surface area (Å²) in [4.78, 5) is 26.0. The zero-order valence-corrected chi connectivity index (χ0v) is 13.4. The lowest BCUT2D eigenvalue weighted by Gasteiger charge is -2.29. The third kappa shape index (κ3) is 3.63. The van der Waals surface area contributed by atoms with Crippen molar-refractivity contribution in [3.05, 3.63) is 59.7 Å². The Balaban J connectivity index is 1.63. The van der Waals surface area contributed by atoms with Gasteiger partial charge in [0, 0.05) is 30.8 Å². The normalized spacial score (nSPS) is 13.5. The molecule has 124 valence electrons. The number of nitrogens with zero attached hydrogens (tertiary/aromatic N) is 1. The van der Waals surface area contributed by atoms with Crippen molar-refractivity contribution in [1.29, 1.82) is 0 Å². The molecule has 2 aromatic rings. The number of carbonyl (C=O) groups is 2. The smallest absolute Gasteiger partial charge is 0.227 e. The van der Waals surface area contributed by atoms with Crippen LogP contribution in [0.4, 0.5) is 11.4 Å². The summed E-state index contributed by atoms with van der Waals surface area (Å²) in [5, 5.41) is 11.9. The molecule has 5 nitrogen and oxygen atoms in total. The maximum Gasteiger partial charge on any atom is 0.227 e. The van der Waals surface area contributed by atoms with Crippen LogP contribution < -0.4 is 10.2 Å². The Bertz CT molecular complexity index is 758. The van der Waals surface area contributed by atoms with Crippen molar-refractivity contribution < 1.29 is 14.7 Å². The van der Waals surface area contributed by atoms with E-state index in [0.717, 1.165) is 23.2 Å². The van der Waals surface area contributed by atoms with Crippen LogP contribution in [0.1, 0.15) is 24.0 Å². The fraction of sp³-hybridized carbons (Fsp3) is 0.263. The lowest BCUT2D eigenvalue weighted by atomic mass is 10.0. The molecule has 1 aliphatic rings. The molecule has 0 aliphatic carbocycles. The van der Waals surface area contributed by atoms with Gasteiger partial charge < -0.3 is 15.3 Å². The van der Waals surface area contributed by atoms with E-state index in [2.05, 4.69) is 5.32 Å². The van der Waals surface area contributed by atoms with Gasteiger partial charge in [-0.1, -0.05) is 30.3 Å². The number of aliphatic hydroxyl groups excluding tert-OH is 1. The highest BCUT2D eigenvalue weighted by Crippen LogP contribution is 2.27. The lowest BCUT2D eigenvalue weighted by molar-refractivity contribution is -0.119. The summed E-state index contributed by atoms with van der Waals surface area (Å²) >= 11 is 0. The summed E-state index contributed by atoms with van der Waals surface area (Å²) in [6, 6.07) is 14.9. The number of aryl methyl sites for hydroxylation is 1. The summed E-state index contributed by atoms with van der Waals surface area (Å²) in [5.41, 5.74) is 3.45.